The van der Waals surface area contributed by atoms with E-state index >= 15 is 0 Å². The van der Waals surface area contributed by atoms with Gasteiger partial charge in [0.15, 0.2) is 0 Å². The Morgan fingerprint density at radius 2 is 2.04 bits per heavy atom. The van der Waals surface area contributed by atoms with E-state index in [2.05, 4.69) is 22.9 Å². The van der Waals surface area contributed by atoms with Crippen molar-refractivity contribution in [3.8, 4) is 0 Å². The van der Waals surface area contributed by atoms with E-state index in [1.54, 1.807) is 24.3 Å². The molecule has 0 radical (unpaired) electrons. The molecular formula is C20H22ClN3O. The van der Waals surface area contributed by atoms with Gasteiger partial charge in [0, 0.05) is 30.1 Å². The number of carbonyl (C=O) groups excluding carboxylic acids is 1. The molecule has 0 fully saturated rings. The van der Waals surface area contributed by atoms with Crippen LogP contribution in [-0.4, -0.2) is 22.0 Å². The summed E-state index contributed by atoms with van der Waals surface area (Å²) < 4.78 is 2.27. The van der Waals surface area contributed by atoms with Crippen LogP contribution in [0, 0.1) is 0 Å². The first-order chi connectivity index (χ1) is 12.2. The number of nitrogens with zero attached hydrogens (tertiary/aromatic N) is 2. The summed E-state index contributed by atoms with van der Waals surface area (Å²) in [5.74, 6) is 0.903. The highest BCUT2D eigenvalue weighted by molar-refractivity contribution is 6.30. The van der Waals surface area contributed by atoms with Crippen LogP contribution < -0.4 is 5.32 Å². The Kier molecular flexibility index (Phi) is 5.71. The molecule has 1 heterocycles. The third-order valence-electron chi connectivity index (χ3n) is 4.19. The molecule has 0 aliphatic carbocycles. The molecule has 4 nitrogen and oxygen atoms in total. The number of carbonyl (C=O) groups is 1. The van der Waals surface area contributed by atoms with Crippen molar-refractivity contribution in [2.45, 2.75) is 32.7 Å². The van der Waals surface area contributed by atoms with E-state index in [1.807, 2.05) is 18.2 Å². The number of aromatic nitrogens is 2. The van der Waals surface area contributed by atoms with Crippen LogP contribution >= 0.6 is 11.6 Å². The molecule has 0 unspecified atom stereocenters. The molecule has 130 valence electrons. The Bertz CT molecular complexity index is 872. The molecule has 25 heavy (non-hydrogen) atoms. The lowest BCUT2D eigenvalue weighted by Gasteiger charge is -2.09. The third-order valence-corrected chi connectivity index (χ3v) is 4.42. The van der Waals surface area contributed by atoms with Crippen molar-refractivity contribution in [3.05, 3.63) is 64.9 Å². The summed E-state index contributed by atoms with van der Waals surface area (Å²) in [5, 5.41) is 3.52. The number of para-hydroxylation sites is 2. The van der Waals surface area contributed by atoms with Gasteiger partial charge >= 0.3 is 0 Å². The molecule has 0 atom stereocenters. The number of imidazole rings is 1. The molecule has 3 aromatic rings. The predicted molar refractivity (Wildman–Crippen MR) is 102 cm³/mol. The molecule has 1 N–H and O–H groups in total. The molecule has 1 aromatic heterocycles. The lowest BCUT2D eigenvalue weighted by atomic mass is 10.2. The van der Waals surface area contributed by atoms with Crippen LogP contribution in [0.4, 0.5) is 0 Å². The average molecular weight is 356 g/mol. The summed E-state index contributed by atoms with van der Waals surface area (Å²) in [6.07, 6.45) is 2.95. The Morgan fingerprint density at radius 3 is 2.84 bits per heavy atom. The fourth-order valence-electron chi connectivity index (χ4n) is 2.90. The summed E-state index contributed by atoms with van der Waals surface area (Å²) in [6, 6.07) is 15.2. The minimum atomic E-state index is -0.112. The van der Waals surface area contributed by atoms with E-state index in [0.29, 0.717) is 23.6 Å². The Balaban J connectivity index is 1.69. The number of hydrogen-bond acceptors (Lipinski definition) is 2. The van der Waals surface area contributed by atoms with Crippen molar-refractivity contribution in [2.75, 3.05) is 6.54 Å². The normalized spacial score (nSPS) is 11.0. The minimum absolute atomic E-state index is 0.112. The van der Waals surface area contributed by atoms with Crippen molar-refractivity contribution in [1.29, 1.82) is 0 Å². The van der Waals surface area contributed by atoms with Gasteiger partial charge in [-0.15, -0.1) is 0 Å². The van der Waals surface area contributed by atoms with Crippen LogP contribution in [0.25, 0.3) is 11.0 Å². The SMILES string of the molecule is CCCCn1c(CCNC(=O)c2cccc(Cl)c2)nc2ccccc21. The molecule has 1 amide bonds. The van der Waals surface area contributed by atoms with E-state index in [4.69, 9.17) is 16.6 Å². The van der Waals surface area contributed by atoms with Crippen molar-refractivity contribution >= 4 is 28.5 Å². The first kappa shape index (κ1) is 17.5. The minimum Gasteiger partial charge on any atom is -0.352 e. The van der Waals surface area contributed by atoms with Crippen LogP contribution in [0.5, 0.6) is 0 Å². The smallest absolute Gasteiger partial charge is 0.251 e. The van der Waals surface area contributed by atoms with Crippen LogP contribution in [0.15, 0.2) is 48.5 Å². The summed E-state index contributed by atoms with van der Waals surface area (Å²) in [7, 11) is 0. The number of fused-ring (bicyclic) bond motifs is 1. The summed E-state index contributed by atoms with van der Waals surface area (Å²) >= 11 is 5.94. The Morgan fingerprint density at radius 1 is 1.20 bits per heavy atom. The molecule has 0 saturated carbocycles. The highest BCUT2D eigenvalue weighted by Gasteiger charge is 2.11. The second-order valence-electron chi connectivity index (χ2n) is 6.04. The third kappa shape index (κ3) is 4.20. The van der Waals surface area contributed by atoms with E-state index in [0.717, 1.165) is 36.2 Å². The Labute approximate surface area is 152 Å². The van der Waals surface area contributed by atoms with Crippen molar-refractivity contribution < 1.29 is 4.79 Å². The first-order valence-electron chi connectivity index (χ1n) is 8.67. The zero-order valence-corrected chi connectivity index (χ0v) is 15.1. The number of amides is 1. The average Bonchev–Trinajstić information content (AvgIpc) is 2.97. The monoisotopic (exact) mass is 355 g/mol. The number of halogens is 1. The first-order valence-corrected chi connectivity index (χ1v) is 9.04. The second kappa shape index (κ2) is 8.17. The van der Waals surface area contributed by atoms with Crippen molar-refractivity contribution in [2.24, 2.45) is 0 Å². The van der Waals surface area contributed by atoms with Crippen LogP contribution in [0.2, 0.25) is 5.02 Å². The number of nitrogens with one attached hydrogen (secondary N) is 1. The zero-order chi connectivity index (χ0) is 17.6. The quantitative estimate of drug-likeness (QED) is 0.680. The maximum atomic E-state index is 12.2. The molecular weight excluding hydrogens is 334 g/mol. The van der Waals surface area contributed by atoms with E-state index in [9.17, 15) is 4.79 Å². The lowest BCUT2D eigenvalue weighted by molar-refractivity contribution is 0.0954. The van der Waals surface area contributed by atoms with Gasteiger partial charge in [0.2, 0.25) is 0 Å². The van der Waals surface area contributed by atoms with Crippen molar-refractivity contribution in [3.63, 3.8) is 0 Å². The van der Waals surface area contributed by atoms with E-state index < -0.39 is 0 Å². The van der Waals surface area contributed by atoms with Crippen LogP contribution in [-0.2, 0) is 13.0 Å². The molecule has 2 aromatic carbocycles. The highest BCUT2D eigenvalue weighted by Crippen LogP contribution is 2.17. The van der Waals surface area contributed by atoms with Gasteiger partial charge in [-0.3, -0.25) is 4.79 Å². The number of benzene rings is 2. The molecule has 5 heteroatoms. The van der Waals surface area contributed by atoms with Gasteiger partial charge in [0.1, 0.15) is 5.82 Å². The molecule has 0 aliphatic rings. The van der Waals surface area contributed by atoms with Gasteiger partial charge in [-0.2, -0.15) is 0 Å². The van der Waals surface area contributed by atoms with E-state index in [1.165, 1.54) is 0 Å². The fourth-order valence-corrected chi connectivity index (χ4v) is 3.09. The van der Waals surface area contributed by atoms with Crippen LogP contribution in [0.1, 0.15) is 35.9 Å². The molecule has 0 aliphatic heterocycles. The standard InChI is InChI=1S/C20H22ClN3O/c1-2-3-13-24-18-10-5-4-9-17(18)23-19(24)11-12-22-20(25)15-7-6-8-16(21)14-15/h4-10,14H,2-3,11-13H2,1H3,(H,22,25). The van der Waals surface area contributed by atoms with Gasteiger partial charge in [0.25, 0.3) is 5.91 Å². The Hall–Kier alpha value is -2.33. The molecule has 3 rings (SSSR count). The number of rotatable bonds is 7. The predicted octanol–water partition coefficient (Wildman–Crippen LogP) is 4.46. The van der Waals surface area contributed by atoms with Gasteiger partial charge in [-0.05, 0) is 36.8 Å². The maximum absolute atomic E-state index is 12.2. The summed E-state index contributed by atoms with van der Waals surface area (Å²) in [6.45, 7) is 3.68. The van der Waals surface area contributed by atoms with Gasteiger partial charge < -0.3 is 9.88 Å². The topological polar surface area (TPSA) is 46.9 Å². The number of unbranched alkanes of at least 4 members (excludes halogenated alkanes) is 1. The lowest BCUT2D eigenvalue weighted by Crippen LogP contribution is -2.26. The van der Waals surface area contributed by atoms with Gasteiger partial charge in [0.05, 0.1) is 11.0 Å². The van der Waals surface area contributed by atoms with Gasteiger partial charge in [-0.25, -0.2) is 4.98 Å². The molecule has 0 bridgehead atoms. The number of hydrogen-bond donors (Lipinski definition) is 1. The van der Waals surface area contributed by atoms with Crippen LogP contribution in [0.3, 0.4) is 0 Å². The highest BCUT2D eigenvalue weighted by atomic mass is 35.5. The molecule has 0 spiro atoms. The maximum Gasteiger partial charge on any atom is 0.251 e. The van der Waals surface area contributed by atoms with Gasteiger partial charge in [-0.1, -0.05) is 43.1 Å². The summed E-state index contributed by atoms with van der Waals surface area (Å²) in [5.41, 5.74) is 2.74. The molecule has 0 saturated heterocycles. The number of aryl methyl sites for hydroxylation is 1. The summed E-state index contributed by atoms with van der Waals surface area (Å²) in [4.78, 5) is 17.0. The largest absolute Gasteiger partial charge is 0.352 e. The van der Waals surface area contributed by atoms with Crippen molar-refractivity contribution in [1.82, 2.24) is 14.9 Å². The second-order valence-corrected chi connectivity index (χ2v) is 6.47. The van der Waals surface area contributed by atoms with E-state index in [-0.39, 0.29) is 5.91 Å². The zero-order valence-electron chi connectivity index (χ0n) is 14.3. The fraction of sp³-hybridized carbons (Fsp3) is 0.300.